The zero-order chi connectivity index (χ0) is 60.5. The van der Waals surface area contributed by atoms with E-state index >= 15 is 0 Å². The molecule has 0 aliphatic heterocycles. The standard InChI is InChI=1S/C74H147N2O6P/c1-6-8-10-12-14-16-18-20-22-24-26-28-30-32-34-36-38-40-42-44-46-48-50-52-54-56-58-60-62-64-66-68-74(78)75-72(71-82-83(79,80)81-70-69-76(3,4)5)73(77)67-65-63-61-59-57-55-53-51-49-47-45-43-41-39-37-35-33-31-29-27-25-23-21-19-17-15-13-11-9-7-2/h24,26,65,67,72-73,77H,6-23,25,27-64,66,68-71H2,1-5H3,(H-,75,78,79,80)/b26-24-,67-65+. The largest absolute Gasteiger partial charge is 0.756 e. The average Bonchev–Trinajstić information content (AvgIpc) is 3.49. The number of phosphoric acid groups is 1. The number of phosphoric ester groups is 1. The molecule has 0 saturated carbocycles. The van der Waals surface area contributed by atoms with Crippen LogP contribution in [0.15, 0.2) is 24.3 Å². The van der Waals surface area contributed by atoms with Crippen LogP contribution < -0.4 is 10.2 Å². The van der Waals surface area contributed by atoms with Crippen molar-refractivity contribution < 1.29 is 32.9 Å². The number of unbranched alkanes of at least 4 members (excludes halogenated alkanes) is 55. The lowest BCUT2D eigenvalue weighted by Crippen LogP contribution is -2.45. The first kappa shape index (κ1) is 82.0. The summed E-state index contributed by atoms with van der Waals surface area (Å²) in [5.41, 5.74) is 0. The lowest BCUT2D eigenvalue weighted by atomic mass is 10.0. The third-order valence-corrected chi connectivity index (χ3v) is 18.4. The van der Waals surface area contributed by atoms with E-state index in [2.05, 4.69) is 31.3 Å². The number of nitrogens with zero attached hydrogens (tertiary/aromatic N) is 1. The summed E-state index contributed by atoms with van der Waals surface area (Å²) >= 11 is 0. The summed E-state index contributed by atoms with van der Waals surface area (Å²) in [6.45, 7) is 4.72. The van der Waals surface area contributed by atoms with E-state index in [-0.39, 0.29) is 19.1 Å². The van der Waals surface area contributed by atoms with Gasteiger partial charge in [-0.3, -0.25) is 9.36 Å². The molecule has 9 heteroatoms. The molecule has 0 rings (SSSR count). The number of nitrogens with one attached hydrogen (secondary N) is 1. The number of aliphatic hydroxyl groups excluding tert-OH is 1. The third-order valence-electron chi connectivity index (χ3n) is 17.4. The van der Waals surface area contributed by atoms with Gasteiger partial charge in [-0.15, -0.1) is 0 Å². The zero-order valence-corrected chi connectivity index (χ0v) is 57.6. The molecule has 3 atom stereocenters. The first-order valence-corrected chi connectivity index (χ1v) is 38.7. The number of hydrogen-bond acceptors (Lipinski definition) is 6. The molecule has 0 aromatic rings. The van der Waals surface area contributed by atoms with Crippen LogP contribution >= 0.6 is 7.82 Å². The van der Waals surface area contributed by atoms with Gasteiger partial charge in [0.1, 0.15) is 13.2 Å². The fourth-order valence-corrected chi connectivity index (χ4v) is 12.3. The maximum Gasteiger partial charge on any atom is 0.268 e. The van der Waals surface area contributed by atoms with Crippen LogP contribution in [0.4, 0.5) is 0 Å². The molecule has 494 valence electrons. The Labute approximate surface area is 519 Å². The van der Waals surface area contributed by atoms with E-state index in [9.17, 15) is 19.4 Å². The van der Waals surface area contributed by atoms with Crippen LogP contribution in [0, 0.1) is 0 Å². The first-order chi connectivity index (χ1) is 40.5. The second kappa shape index (κ2) is 65.4. The second-order valence-electron chi connectivity index (χ2n) is 27.0. The molecule has 0 aliphatic carbocycles. The highest BCUT2D eigenvalue weighted by Crippen LogP contribution is 2.38. The Balaban J connectivity index is 4.00. The highest BCUT2D eigenvalue weighted by molar-refractivity contribution is 7.45. The zero-order valence-electron chi connectivity index (χ0n) is 56.7. The molecule has 0 bridgehead atoms. The van der Waals surface area contributed by atoms with E-state index in [0.717, 1.165) is 38.5 Å². The molecule has 0 aliphatic rings. The SMILES string of the molecule is CCCCCCCCCC/C=C\CCCCCCCCCCCCCCCCCCCCCC(=O)NC(COP(=O)([O-])OCC[N+](C)(C)C)C(O)/C=C/CCCCCCCCCCCCCCCCCCCCCCCCCCCCCC. The number of hydrogen-bond donors (Lipinski definition) is 2. The number of rotatable bonds is 70. The topological polar surface area (TPSA) is 108 Å². The van der Waals surface area contributed by atoms with Gasteiger partial charge in [0, 0.05) is 6.42 Å². The van der Waals surface area contributed by atoms with Gasteiger partial charge in [0.25, 0.3) is 7.82 Å². The van der Waals surface area contributed by atoms with E-state index in [1.54, 1.807) is 6.08 Å². The summed E-state index contributed by atoms with van der Waals surface area (Å²) in [6.07, 6.45) is 86.1. The maximum absolute atomic E-state index is 13.1. The quantitative estimate of drug-likeness (QED) is 0.0272. The fraction of sp³-hybridized carbons (Fsp3) is 0.932. The van der Waals surface area contributed by atoms with Crippen molar-refractivity contribution in [2.24, 2.45) is 0 Å². The number of allylic oxidation sites excluding steroid dienone is 3. The Bertz CT molecular complexity index is 1400. The molecule has 0 heterocycles. The minimum Gasteiger partial charge on any atom is -0.756 e. The third kappa shape index (κ3) is 68.3. The first-order valence-electron chi connectivity index (χ1n) is 37.2. The Morgan fingerprint density at radius 1 is 0.410 bits per heavy atom. The molecular formula is C74H147N2O6P. The molecule has 0 aromatic heterocycles. The van der Waals surface area contributed by atoms with Crippen LogP contribution in [0.1, 0.15) is 393 Å². The molecule has 1 amide bonds. The molecule has 3 unspecified atom stereocenters. The van der Waals surface area contributed by atoms with Gasteiger partial charge in [-0.05, 0) is 44.9 Å². The summed E-state index contributed by atoms with van der Waals surface area (Å²) in [7, 11) is 1.28. The van der Waals surface area contributed by atoms with Gasteiger partial charge in [-0.1, -0.05) is 366 Å². The summed E-state index contributed by atoms with van der Waals surface area (Å²) < 4.78 is 23.5. The van der Waals surface area contributed by atoms with Crippen LogP contribution in [0.2, 0.25) is 0 Å². The van der Waals surface area contributed by atoms with Gasteiger partial charge < -0.3 is 28.8 Å². The molecular weight excluding hydrogens is 1040 g/mol. The normalized spacial score (nSPS) is 13.7. The van der Waals surface area contributed by atoms with Crippen molar-refractivity contribution in [3.63, 3.8) is 0 Å². The number of amides is 1. The van der Waals surface area contributed by atoms with E-state index in [4.69, 9.17) is 9.05 Å². The lowest BCUT2D eigenvalue weighted by molar-refractivity contribution is -0.870. The molecule has 0 aromatic carbocycles. The maximum atomic E-state index is 13.1. The highest BCUT2D eigenvalue weighted by Gasteiger charge is 2.23. The molecule has 8 nitrogen and oxygen atoms in total. The Morgan fingerprint density at radius 2 is 0.663 bits per heavy atom. The van der Waals surface area contributed by atoms with E-state index in [0.29, 0.717) is 17.4 Å². The van der Waals surface area contributed by atoms with Crippen LogP contribution in [0.3, 0.4) is 0 Å². The fourth-order valence-electron chi connectivity index (χ4n) is 11.6. The molecule has 83 heavy (non-hydrogen) atoms. The monoisotopic (exact) mass is 1190 g/mol. The molecule has 0 spiro atoms. The smallest absolute Gasteiger partial charge is 0.268 e. The predicted octanol–water partition coefficient (Wildman–Crippen LogP) is 23.2. The highest BCUT2D eigenvalue weighted by atomic mass is 31.2. The van der Waals surface area contributed by atoms with E-state index in [1.807, 2.05) is 27.2 Å². The lowest BCUT2D eigenvalue weighted by Gasteiger charge is -2.29. The van der Waals surface area contributed by atoms with Crippen molar-refractivity contribution in [2.75, 3.05) is 40.9 Å². The van der Waals surface area contributed by atoms with E-state index in [1.165, 1.54) is 334 Å². The van der Waals surface area contributed by atoms with Crippen molar-refractivity contribution >= 4 is 13.7 Å². The van der Waals surface area contributed by atoms with Crippen LogP contribution in [0.25, 0.3) is 0 Å². The second-order valence-corrected chi connectivity index (χ2v) is 28.4. The Morgan fingerprint density at radius 3 is 0.940 bits per heavy atom. The minimum absolute atomic E-state index is 0.00203. The van der Waals surface area contributed by atoms with Crippen LogP contribution in [-0.4, -0.2) is 68.5 Å². The van der Waals surface area contributed by atoms with Gasteiger partial charge in [0.2, 0.25) is 5.91 Å². The molecule has 2 N–H and O–H groups in total. The number of quaternary nitrogens is 1. The molecule has 0 radical (unpaired) electrons. The van der Waals surface area contributed by atoms with Gasteiger partial charge in [0.05, 0.1) is 39.9 Å². The van der Waals surface area contributed by atoms with Gasteiger partial charge >= 0.3 is 0 Å². The summed E-state index contributed by atoms with van der Waals surface area (Å²) in [4.78, 5) is 25.7. The van der Waals surface area contributed by atoms with Crippen molar-refractivity contribution in [2.45, 2.75) is 405 Å². The van der Waals surface area contributed by atoms with Gasteiger partial charge in [-0.25, -0.2) is 0 Å². The van der Waals surface area contributed by atoms with E-state index < -0.39 is 20.0 Å². The summed E-state index contributed by atoms with van der Waals surface area (Å²) in [5, 5.41) is 14.0. The van der Waals surface area contributed by atoms with Crippen molar-refractivity contribution in [1.82, 2.24) is 5.32 Å². The van der Waals surface area contributed by atoms with Crippen LogP contribution in [0.5, 0.6) is 0 Å². The van der Waals surface area contributed by atoms with Crippen LogP contribution in [-0.2, 0) is 18.4 Å². The predicted molar refractivity (Wildman–Crippen MR) is 362 cm³/mol. The Kier molecular flexibility index (Phi) is 64.6. The minimum atomic E-state index is -4.60. The van der Waals surface area contributed by atoms with Crippen molar-refractivity contribution in [3.05, 3.63) is 24.3 Å². The summed E-state index contributed by atoms with van der Waals surface area (Å²) in [5.74, 6) is -0.188. The van der Waals surface area contributed by atoms with Crippen molar-refractivity contribution in [3.8, 4) is 0 Å². The number of likely N-dealkylation sites (N-methyl/N-ethyl adjacent to an activating group) is 1. The number of carbonyl (C=O) groups excluding carboxylic acids is 1. The molecule has 0 fully saturated rings. The van der Waals surface area contributed by atoms with Crippen molar-refractivity contribution in [1.29, 1.82) is 0 Å². The van der Waals surface area contributed by atoms with Gasteiger partial charge in [-0.2, -0.15) is 0 Å². The number of carbonyl (C=O) groups is 1. The Hall–Kier alpha value is -1.02. The molecule has 0 saturated heterocycles. The van der Waals surface area contributed by atoms with Gasteiger partial charge in [0.15, 0.2) is 0 Å². The average molecular weight is 1190 g/mol. The number of aliphatic hydroxyl groups is 1. The summed E-state index contributed by atoms with van der Waals surface area (Å²) in [6, 6.07) is -0.886.